The van der Waals surface area contributed by atoms with Gasteiger partial charge in [-0.25, -0.2) is 0 Å². The molecule has 0 aromatic carbocycles. The molecule has 0 amide bonds. The van der Waals surface area contributed by atoms with Gasteiger partial charge in [0.25, 0.3) is 0 Å². The molecule has 0 aliphatic heterocycles. The lowest BCUT2D eigenvalue weighted by atomic mass is 10.3. The first-order valence-corrected chi connectivity index (χ1v) is 4.38. The molecule has 0 aliphatic rings. The predicted octanol–water partition coefficient (Wildman–Crippen LogP) is 0.0395. The fraction of sp³-hybridized carbons (Fsp3) is 1.00. The zero-order chi connectivity index (χ0) is 8.53. The van der Waals surface area contributed by atoms with E-state index in [0.717, 1.165) is 19.6 Å². The van der Waals surface area contributed by atoms with Gasteiger partial charge in [0.2, 0.25) is 0 Å². The third-order valence-corrected chi connectivity index (χ3v) is 1.69. The molecule has 0 saturated heterocycles. The zero-order valence-corrected chi connectivity index (χ0v) is 7.42. The van der Waals surface area contributed by atoms with Crippen LogP contribution in [0.2, 0.25) is 0 Å². The molecule has 0 heterocycles. The molecule has 0 saturated carbocycles. The molecule has 3 nitrogen and oxygen atoms in total. The number of hydrogen-bond donors (Lipinski definition) is 2. The molecule has 0 fully saturated rings. The quantitative estimate of drug-likeness (QED) is 0.553. The predicted molar refractivity (Wildman–Crippen MR) is 47.5 cm³/mol. The third kappa shape index (κ3) is 6.28. The molecule has 3 N–H and O–H groups in total. The van der Waals surface area contributed by atoms with E-state index in [9.17, 15) is 0 Å². The highest BCUT2D eigenvalue weighted by Crippen LogP contribution is 1.92. The maximum atomic E-state index is 8.68. The fourth-order valence-electron chi connectivity index (χ4n) is 1.04. The van der Waals surface area contributed by atoms with Gasteiger partial charge in [-0.05, 0) is 13.0 Å². The van der Waals surface area contributed by atoms with E-state index in [1.165, 1.54) is 12.8 Å². The molecule has 0 radical (unpaired) electrons. The van der Waals surface area contributed by atoms with Crippen LogP contribution >= 0.6 is 0 Å². The van der Waals surface area contributed by atoms with Crippen LogP contribution in [0.1, 0.15) is 19.8 Å². The average Bonchev–Trinajstić information content (AvgIpc) is 2.01. The molecule has 0 atom stereocenters. The summed E-state index contributed by atoms with van der Waals surface area (Å²) in [6.45, 7) is 5.82. The van der Waals surface area contributed by atoms with Gasteiger partial charge in [0.1, 0.15) is 0 Å². The third-order valence-electron chi connectivity index (χ3n) is 1.69. The Balaban J connectivity index is 3.34. The van der Waals surface area contributed by atoms with Crippen LogP contribution in [0.5, 0.6) is 0 Å². The van der Waals surface area contributed by atoms with Crippen LogP contribution in [0, 0.1) is 0 Å². The van der Waals surface area contributed by atoms with Crippen LogP contribution in [0.4, 0.5) is 0 Å². The van der Waals surface area contributed by atoms with E-state index < -0.39 is 0 Å². The summed E-state index contributed by atoms with van der Waals surface area (Å²) >= 11 is 0. The maximum Gasteiger partial charge on any atom is 0.0558 e. The Bertz CT molecular complexity index is 72.5. The van der Waals surface area contributed by atoms with Gasteiger partial charge in [-0.1, -0.05) is 13.3 Å². The van der Waals surface area contributed by atoms with Crippen molar-refractivity contribution in [2.75, 3.05) is 32.8 Å². The monoisotopic (exact) mass is 160 g/mol. The first kappa shape index (κ1) is 10.9. The van der Waals surface area contributed by atoms with Crippen molar-refractivity contribution in [1.82, 2.24) is 4.90 Å². The highest BCUT2D eigenvalue weighted by atomic mass is 16.3. The second-order valence-corrected chi connectivity index (χ2v) is 2.71. The molecule has 0 bridgehead atoms. The number of unbranched alkanes of at least 4 members (excludes halogenated alkanes) is 1. The van der Waals surface area contributed by atoms with Crippen molar-refractivity contribution in [2.24, 2.45) is 5.73 Å². The smallest absolute Gasteiger partial charge is 0.0558 e. The average molecular weight is 160 g/mol. The van der Waals surface area contributed by atoms with Crippen molar-refractivity contribution in [3.63, 3.8) is 0 Å². The number of aliphatic hydroxyl groups is 1. The Labute approximate surface area is 69.2 Å². The molecule has 0 aromatic rings. The van der Waals surface area contributed by atoms with Crippen LogP contribution in [0.15, 0.2) is 0 Å². The van der Waals surface area contributed by atoms with Crippen molar-refractivity contribution in [2.45, 2.75) is 19.8 Å². The van der Waals surface area contributed by atoms with Crippen molar-refractivity contribution in [3.8, 4) is 0 Å². The van der Waals surface area contributed by atoms with Crippen molar-refractivity contribution in [3.05, 3.63) is 0 Å². The standard InChI is InChI=1S/C8H20N2O/c1-2-3-5-10(6-4-9)7-8-11/h11H,2-9H2,1H3. The molecular weight excluding hydrogens is 140 g/mol. The van der Waals surface area contributed by atoms with Gasteiger partial charge >= 0.3 is 0 Å². The summed E-state index contributed by atoms with van der Waals surface area (Å²) in [5.41, 5.74) is 5.41. The topological polar surface area (TPSA) is 49.5 Å². The second kappa shape index (κ2) is 7.98. The van der Waals surface area contributed by atoms with Gasteiger partial charge in [0.05, 0.1) is 6.61 Å². The van der Waals surface area contributed by atoms with E-state index in [2.05, 4.69) is 11.8 Å². The highest BCUT2D eigenvalue weighted by molar-refractivity contribution is 4.56. The Morgan fingerprint density at radius 3 is 2.45 bits per heavy atom. The van der Waals surface area contributed by atoms with Gasteiger partial charge in [0.15, 0.2) is 0 Å². The van der Waals surface area contributed by atoms with E-state index in [0.29, 0.717) is 6.54 Å². The van der Waals surface area contributed by atoms with Crippen molar-refractivity contribution >= 4 is 0 Å². The van der Waals surface area contributed by atoms with Crippen molar-refractivity contribution < 1.29 is 5.11 Å². The normalized spacial score (nSPS) is 10.9. The van der Waals surface area contributed by atoms with Crippen LogP contribution in [-0.4, -0.2) is 42.8 Å². The first-order chi connectivity index (χ1) is 5.35. The van der Waals surface area contributed by atoms with E-state index >= 15 is 0 Å². The Hall–Kier alpha value is -0.120. The number of hydrogen-bond acceptors (Lipinski definition) is 3. The minimum absolute atomic E-state index is 0.240. The summed E-state index contributed by atoms with van der Waals surface area (Å²) in [6.07, 6.45) is 2.40. The second-order valence-electron chi connectivity index (χ2n) is 2.71. The summed E-state index contributed by atoms with van der Waals surface area (Å²) in [7, 11) is 0. The highest BCUT2D eigenvalue weighted by Gasteiger charge is 2.00. The Morgan fingerprint density at radius 1 is 1.27 bits per heavy atom. The molecule has 3 heteroatoms. The number of aliphatic hydroxyl groups excluding tert-OH is 1. The lowest BCUT2D eigenvalue weighted by Crippen LogP contribution is -2.32. The fourth-order valence-corrected chi connectivity index (χ4v) is 1.04. The largest absolute Gasteiger partial charge is 0.395 e. The Morgan fingerprint density at radius 2 is 2.00 bits per heavy atom. The molecule has 0 unspecified atom stereocenters. The number of rotatable bonds is 7. The number of nitrogens with two attached hydrogens (primary N) is 1. The van der Waals surface area contributed by atoms with E-state index in [1.54, 1.807) is 0 Å². The summed E-state index contributed by atoms with van der Waals surface area (Å²) < 4.78 is 0. The Kier molecular flexibility index (Phi) is 7.89. The number of nitrogens with zero attached hydrogens (tertiary/aromatic N) is 1. The molecule has 11 heavy (non-hydrogen) atoms. The minimum Gasteiger partial charge on any atom is -0.395 e. The van der Waals surface area contributed by atoms with Crippen LogP contribution < -0.4 is 5.73 Å². The molecule has 0 spiro atoms. The SMILES string of the molecule is CCCCN(CCN)CCO. The summed E-state index contributed by atoms with van der Waals surface area (Å²) in [5.74, 6) is 0. The van der Waals surface area contributed by atoms with Crippen LogP contribution in [0.3, 0.4) is 0 Å². The lowest BCUT2D eigenvalue weighted by Gasteiger charge is -2.19. The maximum absolute atomic E-state index is 8.68. The minimum atomic E-state index is 0.240. The van der Waals surface area contributed by atoms with E-state index in [1.807, 2.05) is 0 Å². The molecule has 0 rings (SSSR count). The van der Waals surface area contributed by atoms with Gasteiger partial charge in [-0.2, -0.15) is 0 Å². The lowest BCUT2D eigenvalue weighted by molar-refractivity contribution is 0.197. The summed E-state index contributed by atoms with van der Waals surface area (Å²) in [5, 5.41) is 8.68. The molecule has 68 valence electrons. The van der Waals surface area contributed by atoms with Crippen LogP contribution in [0.25, 0.3) is 0 Å². The van der Waals surface area contributed by atoms with Gasteiger partial charge in [-0.15, -0.1) is 0 Å². The van der Waals surface area contributed by atoms with E-state index in [4.69, 9.17) is 10.8 Å². The van der Waals surface area contributed by atoms with Crippen LogP contribution in [-0.2, 0) is 0 Å². The van der Waals surface area contributed by atoms with Gasteiger partial charge < -0.3 is 10.8 Å². The summed E-state index contributed by atoms with van der Waals surface area (Å²) in [4.78, 5) is 2.20. The zero-order valence-electron chi connectivity index (χ0n) is 7.42. The molecule has 0 aromatic heterocycles. The molecular formula is C8H20N2O. The van der Waals surface area contributed by atoms with E-state index in [-0.39, 0.29) is 6.61 Å². The van der Waals surface area contributed by atoms with Gasteiger partial charge in [0, 0.05) is 19.6 Å². The van der Waals surface area contributed by atoms with Crippen molar-refractivity contribution in [1.29, 1.82) is 0 Å². The summed E-state index contributed by atoms with van der Waals surface area (Å²) in [6, 6.07) is 0. The van der Waals surface area contributed by atoms with Gasteiger partial charge in [-0.3, -0.25) is 4.90 Å². The molecule has 0 aliphatic carbocycles. The first-order valence-electron chi connectivity index (χ1n) is 4.38.